The van der Waals surface area contributed by atoms with Gasteiger partial charge in [-0.25, -0.2) is 0 Å². The van der Waals surface area contributed by atoms with Crippen LogP contribution in [0.3, 0.4) is 0 Å². The van der Waals surface area contributed by atoms with Crippen LogP contribution in [-0.4, -0.2) is 15.6 Å². The maximum atomic E-state index is 12.5. The molecule has 20 heavy (non-hydrogen) atoms. The third kappa shape index (κ3) is 3.04. The number of carbonyl (C=O) groups excluding carboxylic acids is 1. The van der Waals surface area contributed by atoms with E-state index in [0.29, 0.717) is 6.42 Å². The van der Waals surface area contributed by atoms with Gasteiger partial charge in [-0.2, -0.15) is 5.10 Å². The van der Waals surface area contributed by atoms with Gasteiger partial charge in [0, 0.05) is 16.6 Å². The van der Waals surface area contributed by atoms with Crippen molar-refractivity contribution in [1.82, 2.24) is 9.78 Å². The summed E-state index contributed by atoms with van der Waals surface area (Å²) in [6, 6.07) is 5.73. The molecule has 0 fully saturated rings. The van der Waals surface area contributed by atoms with E-state index >= 15 is 0 Å². The first kappa shape index (κ1) is 15.4. The van der Waals surface area contributed by atoms with E-state index in [4.69, 9.17) is 0 Å². The van der Waals surface area contributed by atoms with Crippen LogP contribution in [0.15, 0.2) is 27.1 Å². The standard InChI is InChI=1S/C15H16Br2N2O/c1-4-19-13(15(17)10(3)18-19)8-14(20)12-6-5-11(16)7-9(12)2/h5-7H,4,8H2,1-3H3. The highest BCUT2D eigenvalue weighted by atomic mass is 79.9. The molecule has 3 nitrogen and oxygen atoms in total. The zero-order valence-electron chi connectivity index (χ0n) is 11.7. The third-order valence-corrected chi connectivity index (χ3v) is 4.79. The molecule has 0 saturated heterocycles. The summed E-state index contributed by atoms with van der Waals surface area (Å²) < 4.78 is 3.80. The number of aryl methyl sites for hydroxylation is 3. The van der Waals surface area contributed by atoms with Gasteiger partial charge in [-0.1, -0.05) is 22.0 Å². The lowest BCUT2D eigenvalue weighted by Crippen LogP contribution is -2.11. The Morgan fingerprint density at radius 3 is 2.60 bits per heavy atom. The van der Waals surface area contributed by atoms with E-state index in [2.05, 4.69) is 37.0 Å². The van der Waals surface area contributed by atoms with Crippen molar-refractivity contribution in [3.8, 4) is 0 Å². The van der Waals surface area contributed by atoms with Gasteiger partial charge in [0.05, 0.1) is 22.3 Å². The number of benzene rings is 1. The number of aromatic nitrogens is 2. The highest BCUT2D eigenvalue weighted by Crippen LogP contribution is 2.24. The SMILES string of the molecule is CCn1nc(C)c(Br)c1CC(=O)c1ccc(Br)cc1C. The van der Waals surface area contributed by atoms with Gasteiger partial charge in [-0.3, -0.25) is 9.48 Å². The van der Waals surface area contributed by atoms with E-state index in [1.54, 1.807) is 0 Å². The topological polar surface area (TPSA) is 34.9 Å². The zero-order valence-corrected chi connectivity index (χ0v) is 14.9. The molecule has 1 aromatic carbocycles. The Hall–Kier alpha value is -0.940. The average molecular weight is 400 g/mol. The molecule has 1 aromatic heterocycles. The molecule has 106 valence electrons. The van der Waals surface area contributed by atoms with Crippen LogP contribution >= 0.6 is 31.9 Å². The molecule has 1 heterocycles. The normalized spacial score (nSPS) is 10.8. The fraction of sp³-hybridized carbons (Fsp3) is 0.333. The maximum absolute atomic E-state index is 12.5. The molecule has 0 atom stereocenters. The van der Waals surface area contributed by atoms with Crippen molar-refractivity contribution in [2.24, 2.45) is 0 Å². The molecule has 0 spiro atoms. The number of Topliss-reactive ketones (excluding diaryl/α,β-unsaturated/α-hetero) is 1. The van der Waals surface area contributed by atoms with Gasteiger partial charge in [0.15, 0.2) is 5.78 Å². The van der Waals surface area contributed by atoms with Crippen molar-refractivity contribution >= 4 is 37.6 Å². The molecule has 0 unspecified atom stereocenters. The number of hydrogen-bond acceptors (Lipinski definition) is 2. The van der Waals surface area contributed by atoms with Crippen LogP contribution < -0.4 is 0 Å². The van der Waals surface area contributed by atoms with Crippen LogP contribution in [0.4, 0.5) is 0 Å². The molecule has 0 N–H and O–H groups in total. The molecule has 0 aliphatic heterocycles. The number of rotatable bonds is 4. The lowest BCUT2D eigenvalue weighted by molar-refractivity contribution is 0.0989. The highest BCUT2D eigenvalue weighted by molar-refractivity contribution is 9.10. The Labute approximate surface area is 135 Å². The van der Waals surface area contributed by atoms with Gasteiger partial charge in [0.25, 0.3) is 0 Å². The summed E-state index contributed by atoms with van der Waals surface area (Å²) in [5, 5.41) is 4.42. The minimum atomic E-state index is 0.116. The minimum absolute atomic E-state index is 0.116. The number of hydrogen-bond donors (Lipinski definition) is 0. The van der Waals surface area contributed by atoms with Gasteiger partial charge < -0.3 is 0 Å². The summed E-state index contributed by atoms with van der Waals surface area (Å²) in [4.78, 5) is 12.5. The molecule has 0 aliphatic rings. The molecule has 0 aliphatic carbocycles. The summed E-state index contributed by atoms with van der Waals surface area (Å²) in [6.45, 7) is 6.68. The lowest BCUT2D eigenvalue weighted by atomic mass is 10.0. The minimum Gasteiger partial charge on any atom is -0.294 e. The fourth-order valence-electron chi connectivity index (χ4n) is 2.23. The largest absolute Gasteiger partial charge is 0.294 e. The van der Waals surface area contributed by atoms with Crippen molar-refractivity contribution in [3.63, 3.8) is 0 Å². The van der Waals surface area contributed by atoms with Gasteiger partial charge in [-0.05, 0) is 54.4 Å². The lowest BCUT2D eigenvalue weighted by Gasteiger charge is -2.08. The van der Waals surface area contributed by atoms with Crippen LogP contribution in [0, 0.1) is 13.8 Å². The molecule has 0 bridgehead atoms. The zero-order chi connectivity index (χ0) is 14.9. The number of nitrogens with zero attached hydrogens (tertiary/aromatic N) is 2. The first-order valence-corrected chi connectivity index (χ1v) is 8.03. The monoisotopic (exact) mass is 398 g/mol. The molecule has 2 rings (SSSR count). The van der Waals surface area contributed by atoms with Gasteiger partial charge in [0.1, 0.15) is 0 Å². The van der Waals surface area contributed by atoms with Crippen molar-refractivity contribution in [2.45, 2.75) is 33.7 Å². The predicted octanol–water partition coefficient (Wildman–Crippen LogP) is 4.47. The first-order valence-electron chi connectivity index (χ1n) is 6.45. The maximum Gasteiger partial charge on any atom is 0.169 e. The van der Waals surface area contributed by atoms with Crippen molar-refractivity contribution in [1.29, 1.82) is 0 Å². The second-order valence-corrected chi connectivity index (χ2v) is 6.43. The smallest absolute Gasteiger partial charge is 0.169 e. The van der Waals surface area contributed by atoms with Crippen LogP contribution in [0.25, 0.3) is 0 Å². The second kappa shape index (κ2) is 6.22. The van der Waals surface area contributed by atoms with Crippen molar-refractivity contribution < 1.29 is 4.79 Å². The van der Waals surface area contributed by atoms with Gasteiger partial charge in [-0.15, -0.1) is 0 Å². The summed E-state index contributed by atoms with van der Waals surface area (Å²) in [5.74, 6) is 0.116. The Kier molecular flexibility index (Phi) is 4.81. The summed E-state index contributed by atoms with van der Waals surface area (Å²) in [5.41, 5.74) is 3.61. The first-order chi connectivity index (χ1) is 9.43. The number of halogens is 2. The summed E-state index contributed by atoms with van der Waals surface area (Å²) >= 11 is 6.95. The molecule has 0 radical (unpaired) electrons. The Balaban J connectivity index is 2.32. The summed E-state index contributed by atoms with van der Waals surface area (Å²) in [7, 11) is 0. The number of ketones is 1. The van der Waals surface area contributed by atoms with Crippen LogP contribution in [-0.2, 0) is 13.0 Å². The molecular weight excluding hydrogens is 384 g/mol. The quantitative estimate of drug-likeness (QED) is 0.710. The molecule has 0 amide bonds. The molecular formula is C15H16Br2N2O. The van der Waals surface area contributed by atoms with E-state index in [1.165, 1.54) is 0 Å². The number of carbonyl (C=O) groups is 1. The summed E-state index contributed by atoms with van der Waals surface area (Å²) in [6.07, 6.45) is 0.359. The van der Waals surface area contributed by atoms with E-state index in [0.717, 1.165) is 38.0 Å². The van der Waals surface area contributed by atoms with Gasteiger partial charge >= 0.3 is 0 Å². The second-order valence-electron chi connectivity index (χ2n) is 4.72. The predicted molar refractivity (Wildman–Crippen MR) is 87.3 cm³/mol. The van der Waals surface area contributed by atoms with E-state index < -0.39 is 0 Å². The van der Waals surface area contributed by atoms with Crippen molar-refractivity contribution in [3.05, 3.63) is 49.7 Å². The van der Waals surface area contributed by atoms with Crippen molar-refractivity contribution in [2.75, 3.05) is 0 Å². The Bertz CT molecular complexity index is 662. The molecule has 2 aromatic rings. The highest BCUT2D eigenvalue weighted by Gasteiger charge is 2.17. The Morgan fingerprint density at radius 2 is 2.00 bits per heavy atom. The van der Waals surface area contributed by atoms with E-state index in [-0.39, 0.29) is 5.78 Å². The molecule has 0 saturated carbocycles. The fourth-order valence-corrected chi connectivity index (χ4v) is 3.12. The Morgan fingerprint density at radius 1 is 1.30 bits per heavy atom. The van der Waals surface area contributed by atoms with Crippen LogP contribution in [0.5, 0.6) is 0 Å². The van der Waals surface area contributed by atoms with Crippen LogP contribution in [0.1, 0.15) is 34.2 Å². The third-order valence-electron chi connectivity index (χ3n) is 3.27. The van der Waals surface area contributed by atoms with Crippen LogP contribution in [0.2, 0.25) is 0 Å². The average Bonchev–Trinajstić information content (AvgIpc) is 2.66. The van der Waals surface area contributed by atoms with E-state index in [1.807, 2.05) is 43.7 Å². The molecule has 5 heteroatoms. The van der Waals surface area contributed by atoms with E-state index in [9.17, 15) is 4.79 Å². The van der Waals surface area contributed by atoms with Gasteiger partial charge in [0.2, 0.25) is 0 Å².